The molecule has 0 radical (unpaired) electrons. The van der Waals surface area contributed by atoms with Crippen LogP contribution in [0.3, 0.4) is 0 Å². The van der Waals surface area contributed by atoms with Gasteiger partial charge in [-0.05, 0) is 60.0 Å². The van der Waals surface area contributed by atoms with Crippen molar-refractivity contribution in [3.63, 3.8) is 0 Å². The summed E-state index contributed by atoms with van der Waals surface area (Å²) in [6, 6.07) is 75.6. The quantitative estimate of drug-likeness (QED) is 0.107. The summed E-state index contributed by atoms with van der Waals surface area (Å²) in [7, 11) is 0. The van der Waals surface area contributed by atoms with Crippen molar-refractivity contribution in [2.75, 3.05) is 0 Å². The number of ether oxygens (including phenoxy) is 1. The maximum absolute atomic E-state index is 6.65. The molecule has 72 heavy (non-hydrogen) atoms. The monoisotopic (exact) mass is 1130 g/mol. The second-order valence-electron chi connectivity index (χ2n) is 18.5. The molecule has 0 aliphatic rings. The van der Waals surface area contributed by atoms with Gasteiger partial charge in [0.15, 0.2) is 0 Å². The summed E-state index contributed by atoms with van der Waals surface area (Å²) in [5.41, 5.74) is 14.3. The van der Waals surface area contributed by atoms with Gasteiger partial charge in [-0.2, -0.15) is 12.1 Å². The maximum Gasteiger partial charge on any atom is 0.268 e. The Bertz CT molecular complexity index is 4190. The molecule has 0 N–H and O–H groups in total. The number of benzene rings is 9. The average Bonchev–Trinajstić information content (AvgIpc) is 4.17. The zero-order valence-electron chi connectivity index (χ0n) is 39.2. The predicted molar refractivity (Wildman–Crippen MR) is 289 cm³/mol. The zero-order chi connectivity index (χ0) is 47.2. The molecule has 0 unspecified atom stereocenters. The van der Waals surface area contributed by atoms with Crippen LogP contribution in [0.5, 0.6) is 11.5 Å². The number of fused-ring (bicyclic) bond motifs is 10. The van der Waals surface area contributed by atoms with Gasteiger partial charge in [-0.15, -0.1) is 47.2 Å². The van der Waals surface area contributed by atoms with Crippen molar-refractivity contribution in [3.8, 4) is 45.5 Å². The van der Waals surface area contributed by atoms with E-state index < -0.39 is 0 Å². The van der Waals surface area contributed by atoms with Crippen LogP contribution in [0, 0.1) is 24.4 Å². The van der Waals surface area contributed by atoms with Crippen molar-refractivity contribution in [2.45, 2.75) is 20.3 Å². The van der Waals surface area contributed by atoms with Crippen LogP contribution in [-0.2, 0) is 27.5 Å². The summed E-state index contributed by atoms with van der Waals surface area (Å²) in [6.07, 6.45) is 6.55. The van der Waals surface area contributed by atoms with E-state index in [4.69, 9.17) is 14.7 Å². The van der Waals surface area contributed by atoms with Crippen LogP contribution < -0.4 is 9.30 Å². The molecule has 7 nitrogen and oxygen atoms in total. The SMILES string of the molecule is CC(C)Cc1cccc2c1sc1c(-c3[c-]c(Oc4[c-]c(-n5[c-][n+](-c6c(-n7c8ccccc8c8ccccc87)cccc6-n6c7ccccc7c7ccccc76)c6ccccc65)ccc4)ccc3)ncnc12.[Pt]. The number of para-hydroxylation sites is 7. The summed E-state index contributed by atoms with van der Waals surface area (Å²) in [4.78, 5) is 9.59. The van der Waals surface area contributed by atoms with E-state index in [1.807, 2.05) is 30.3 Å². The molecule has 5 aromatic heterocycles. The van der Waals surface area contributed by atoms with Gasteiger partial charge < -0.3 is 18.4 Å². The molecular weight excluding hydrogens is 1080 g/mol. The summed E-state index contributed by atoms with van der Waals surface area (Å²) in [5, 5.41) is 5.96. The van der Waals surface area contributed by atoms with Crippen LogP contribution in [-0.4, -0.2) is 23.7 Å². The van der Waals surface area contributed by atoms with Gasteiger partial charge in [-0.3, -0.25) is 9.55 Å². The fraction of sp³-hybridized carbons (Fsp3) is 0.0635. The summed E-state index contributed by atoms with van der Waals surface area (Å²) in [6.45, 7) is 4.52. The smallest absolute Gasteiger partial charge is 0.268 e. The molecule has 14 rings (SSSR count). The third-order valence-electron chi connectivity index (χ3n) is 13.6. The molecule has 0 amide bonds. The van der Waals surface area contributed by atoms with Crippen molar-refractivity contribution >= 4 is 86.3 Å². The molecule has 0 bridgehead atoms. The van der Waals surface area contributed by atoms with E-state index in [9.17, 15) is 0 Å². The first kappa shape index (κ1) is 43.8. The van der Waals surface area contributed by atoms with Crippen LogP contribution in [0.1, 0.15) is 19.4 Å². The fourth-order valence-electron chi connectivity index (χ4n) is 10.7. The summed E-state index contributed by atoms with van der Waals surface area (Å²) in [5.74, 6) is 1.66. The standard InChI is InChI=1S/C63H42N6OS.Pt/c1-40(2)35-42-18-14-26-50-60-63(71-62(42)50)59(64-38-65-60)41-17-13-20-44(36-41)70-45-21-15-19-43(37-45)66-39-67(56-32-12-11-31-55(56)66)61-57(68-51-27-7-3-22-46(51)47-23-4-8-28-52(47)68)33-16-34-58(61)69-53-29-9-5-24-48(53)49-25-6-10-30-54(49)69;/h3-34,38,40H,35H2,1-2H3;/q-2;. The molecule has 14 aromatic rings. The van der Waals surface area contributed by atoms with E-state index in [1.165, 1.54) is 37.2 Å². The van der Waals surface area contributed by atoms with E-state index in [-0.39, 0.29) is 21.1 Å². The van der Waals surface area contributed by atoms with Gasteiger partial charge in [-0.25, -0.2) is 4.98 Å². The molecule has 9 heteroatoms. The fourth-order valence-corrected chi connectivity index (χ4v) is 12.0. The second-order valence-corrected chi connectivity index (χ2v) is 19.5. The number of nitrogens with zero attached hydrogens (tertiary/aromatic N) is 6. The molecule has 0 saturated carbocycles. The minimum absolute atomic E-state index is 0. The second kappa shape index (κ2) is 17.6. The Balaban J connectivity index is 0.00000504. The van der Waals surface area contributed by atoms with Crippen molar-refractivity contribution in [1.82, 2.24) is 23.7 Å². The Hall–Kier alpha value is -8.16. The molecule has 9 aromatic carbocycles. The van der Waals surface area contributed by atoms with Crippen LogP contribution in [0.25, 0.3) is 109 Å². The third-order valence-corrected chi connectivity index (χ3v) is 14.9. The van der Waals surface area contributed by atoms with Crippen molar-refractivity contribution < 1.29 is 30.4 Å². The van der Waals surface area contributed by atoms with Gasteiger partial charge >= 0.3 is 0 Å². The van der Waals surface area contributed by atoms with Gasteiger partial charge in [0.1, 0.15) is 12.0 Å². The minimum Gasteiger partial charge on any atom is -0.503 e. The van der Waals surface area contributed by atoms with Crippen molar-refractivity contribution in [3.05, 3.63) is 224 Å². The van der Waals surface area contributed by atoms with Gasteiger partial charge in [0, 0.05) is 74.6 Å². The Morgan fingerprint density at radius 1 is 0.528 bits per heavy atom. The molecule has 0 atom stereocenters. The van der Waals surface area contributed by atoms with Crippen LogP contribution in [0.4, 0.5) is 0 Å². The Labute approximate surface area is 433 Å². The largest absolute Gasteiger partial charge is 0.503 e. The molecule has 0 saturated heterocycles. The Morgan fingerprint density at radius 3 is 1.68 bits per heavy atom. The Kier molecular flexibility index (Phi) is 10.7. The molecular formula is C63H42N6OPtS-2. The molecule has 5 heterocycles. The predicted octanol–water partition coefficient (Wildman–Crippen LogP) is 15.3. The topological polar surface area (TPSA) is 53.7 Å². The molecule has 348 valence electrons. The Morgan fingerprint density at radius 2 is 1.06 bits per heavy atom. The third kappa shape index (κ3) is 7.00. The number of thiophene rings is 1. The number of imidazole rings is 1. The molecule has 0 aliphatic carbocycles. The van der Waals surface area contributed by atoms with Gasteiger partial charge in [0.05, 0.1) is 50.0 Å². The van der Waals surface area contributed by atoms with E-state index >= 15 is 0 Å². The van der Waals surface area contributed by atoms with Crippen molar-refractivity contribution in [1.29, 1.82) is 0 Å². The number of rotatable bonds is 9. The summed E-state index contributed by atoms with van der Waals surface area (Å²) >= 11 is 1.76. The first-order chi connectivity index (χ1) is 35.1. The number of aromatic nitrogens is 6. The average molecular weight is 1130 g/mol. The number of hydrogen-bond donors (Lipinski definition) is 0. The zero-order valence-corrected chi connectivity index (χ0v) is 42.2. The van der Waals surface area contributed by atoms with E-state index in [0.717, 1.165) is 83.7 Å². The first-order valence-corrected chi connectivity index (χ1v) is 24.8. The molecule has 0 aliphatic heterocycles. The van der Waals surface area contributed by atoms with Gasteiger partial charge in [0.25, 0.3) is 6.33 Å². The number of hydrogen-bond acceptors (Lipinski definition) is 4. The van der Waals surface area contributed by atoms with Crippen molar-refractivity contribution in [2.24, 2.45) is 5.92 Å². The van der Waals surface area contributed by atoms with E-state index in [2.05, 4.69) is 214 Å². The molecule has 0 spiro atoms. The van der Waals surface area contributed by atoms with Crippen LogP contribution >= 0.6 is 11.3 Å². The van der Waals surface area contributed by atoms with Gasteiger partial charge in [-0.1, -0.05) is 141 Å². The van der Waals surface area contributed by atoms with Crippen LogP contribution in [0.15, 0.2) is 200 Å². The maximum atomic E-state index is 6.65. The first-order valence-electron chi connectivity index (χ1n) is 24.0. The molecule has 0 fully saturated rings. The summed E-state index contributed by atoms with van der Waals surface area (Å²) < 4.78 is 18.1. The van der Waals surface area contributed by atoms with E-state index in [0.29, 0.717) is 17.4 Å². The van der Waals surface area contributed by atoms with Crippen LogP contribution in [0.2, 0.25) is 0 Å². The van der Waals surface area contributed by atoms with E-state index in [1.54, 1.807) is 17.7 Å². The normalized spacial score (nSPS) is 11.8. The minimum atomic E-state index is 0. The van der Waals surface area contributed by atoms with Gasteiger partial charge in [0.2, 0.25) is 0 Å².